The molecule has 1 saturated heterocycles. The molecule has 0 aliphatic carbocycles. The number of carbonyl (C=O) groups excluding carboxylic acids is 1. The van der Waals surface area contributed by atoms with Crippen LogP contribution in [0.15, 0.2) is 30.5 Å². The van der Waals surface area contributed by atoms with Gasteiger partial charge in [-0.3, -0.25) is 9.78 Å². The highest BCUT2D eigenvalue weighted by atomic mass is 16.5. The van der Waals surface area contributed by atoms with E-state index in [0.717, 1.165) is 23.3 Å². The molecule has 1 amide bonds. The lowest BCUT2D eigenvalue weighted by Gasteiger charge is -2.27. The van der Waals surface area contributed by atoms with Gasteiger partial charge >= 0.3 is 0 Å². The zero-order valence-corrected chi connectivity index (χ0v) is 12.0. The number of fused-ring (bicyclic) bond motifs is 1. The molecule has 110 valence electrons. The van der Waals surface area contributed by atoms with Gasteiger partial charge in [0.1, 0.15) is 6.10 Å². The van der Waals surface area contributed by atoms with E-state index in [0.29, 0.717) is 19.7 Å². The summed E-state index contributed by atoms with van der Waals surface area (Å²) in [4.78, 5) is 22.8. The highest BCUT2D eigenvalue weighted by Gasteiger charge is 2.25. The number of hydrogen-bond donors (Lipinski definition) is 1. The number of aromatic nitrogens is 2. The van der Waals surface area contributed by atoms with Gasteiger partial charge in [-0.05, 0) is 12.1 Å². The number of morpholine rings is 1. The summed E-state index contributed by atoms with van der Waals surface area (Å²) in [6.45, 7) is 2.35. The van der Waals surface area contributed by atoms with Crippen LogP contribution in [-0.2, 0) is 16.1 Å². The van der Waals surface area contributed by atoms with Crippen LogP contribution in [0.5, 0.6) is 0 Å². The van der Waals surface area contributed by atoms with Gasteiger partial charge in [0, 0.05) is 20.1 Å². The number of nitrogens with one attached hydrogen (secondary N) is 1. The fraction of sp³-hybridized carbons (Fsp3) is 0.400. The maximum atomic E-state index is 12.3. The summed E-state index contributed by atoms with van der Waals surface area (Å²) in [6.07, 6.45) is 1.31. The normalized spacial score (nSPS) is 18.6. The van der Waals surface area contributed by atoms with Gasteiger partial charge in [0.05, 0.1) is 36.1 Å². The van der Waals surface area contributed by atoms with Gasteiger partial charge in [-0.1, -0.05) is 12.1 Å². The number of para-hydroxylation sites is 2. The van der Waals surface area contributed by atoms with E-state index in [1.807, 2.05) is 24.3 Å². The average molecular weight is 286 g/mol. The molecule has 2 aromatic rings. The molecule has 1 aromatic heterocycles. The number of rotatable bonds is 3. The molecule has 3 rings (SSSR count). The Labute approximate surface area is 123 Å². The van der Waals surface area contributed by atoms with E-state index in [9.17, 15) is 4.79 Å². The first-order valence-corrected chi connectivity index (χ1v) is 7.02. The lowest BCUT2D eigenvalue weighted by molar-refractivity contribution is -0.144. The van der Waals surface area contributed by atoms with Gasteiger partial charge in [-0.15, -0.1) is 0 Å². The molecule has 6 nitrogen and oxygen atoms in total. The second-order valence-electron chi connectivity index (χ2n) is 5.11. The maximum Gasteiger partial charge on any atom is 0.253 e. The standard InChI is InChI=1S/C15H18N4O2/c1-19(15(20)14-9-16-6-7-21-14)10-11-8-17-12-4-2-3-5-13(12)18-11/h2-5,8,14,16H,6-7,9-10H2,1H3/t14-/m0/s1. The van der Waals surface area contributed by atoms with E-state index in [-0.39, 0.29) is 5.91 Å². The predicted octanol–water partition coefficient (Wildman–Crippen LogP) is 0.577. The molecule has 21 heavy (non-hydrogen) atoms. The third kappa shape index (κ3) is 3.17. The Morgan fingerprint density at radius 3 is 3.00 bits per heavy atom. The molecule has 1 fully saturated rings. The first-order chi connectivity index (χ1) is 10.2. The second-order valence-corrected chi connectivity index (χ2v) is 5.11. The Kier molecular flexibility index (Phi) is 4.08. The van der Waals surface area contributed by atoms with Crippen molar-refractivity contribution in [3.63, 3.8) is 0 Å². The minimum atomic E-state index is -0.405. The van der Waals surface area contributed by atoms with Crippen molar-refractivity contribution in [2.75, 3.05) is 26.7 Å². The highest BCUT2D eigenvalue weighted by molar-refractivity contribution is 5.81. The molecule has 1 aliphatic heterocycles. The number of carbonyl (C=O) groups is 1. The molecule has 0 saturated carbocycles. The summed E-state index contributed by atoms with van der Waals surface area (Å²) in [5.41, 5.74) is 2.47. The largest absolute Gasteiger partial charge is 0.366 e. The lowest BCUT2D eigenvalue weighted by Crippen LogP contribution is -2.48. The number of nitrogens with zero attached hydrogens (tertiary/aromatic N) is 3. The number of benzene rings is 1. The Morgan fingerprint density at radius 1 is 1.43 bits per heavy atom. The van der Waals surface area contributed by atoms with Gasteiger partial charge in [0.15, 0.2) is 0 Å². The van der Waals surface area contributed by atoms with Gasteiger partial charge in [0.2, 0.25) is 0 Å². The zero-order chi connectivity index (χ0) is 14.7. The topological polar surface area (TPSA) is 67.4 Å². The van der Waals surface area contributed by atoms with Crippen LogP contribution in [-0.4, -0.2) is 53.6 Å². The minimum Gasteiger partial charge on any atom is -0.366 e. The fourth-order valence-corrected chi connectivity index (χ4v) is 2.36. The van der Waals surface area contributed by atoms with Crippen LogP contribution in [0, 0.1) is 0 Å². The van der Waals surface area contributed by atoms with Gasteiger partial charge < -0.3 is 15.0 Å². The number of amides is 1. The van der Waals surface area contributed by atoms with Crippen molar-refractivity contribution in [2.45, 2.75) is 12.6 Å². The molecular weight excluding hydrogens is 268 g/mol. The van der Waals surface area contributed by atoms with Crippen molar-refractivity contribution in [1.29, 1.82) is 0 Å². The van der Waals surface area contributed by atoms with Crippen LogP contribution >= 0.6 is 0 Å². The number of ether oxygens (including phenoxy) is 1. The minimum absolute atomic E-state index is 0.0304. The summed E-state index contributed by atoms with van der Waals surface area (Å²) in [7, 11) is 1.76. The first kappa shape index (κ1) is 13.9. The molecule has 1 aromatic carbocycles. The predicted molar refractivity (Wildman–Crippen MR) is 78.6 cm³/mol. The van der Waals surface area contributed by atoms with E-state index in [4.69, 9.17) is 4.74 Å². The lowest BCUT2D eigenvalue weighted by atomic mass is 10.2. The van der Waals surface area contributed by atoms with Crippen molar-refractivity contribution in [1.82, 2.24) is 20.2 Å². The Bertz CT molecular complexity index is 640. The van der Waals surface area contributed by atoms with Crippen LogP contribution in [0.1, 0.15) is 5.69 Å². The Hall–Kier alpha value is -2.05. The van der Waals surface area contributed by atoms with Gasteiger partial charge in [-0.25, -0.2) is 4.98 Å². The van der Waals surface area contributed by atoms with E-state index in [1.54, 1.807) is 18.1 Å². The summed E-state index contributed by atoms with van der Waals surface area (Å²) in [5.74, 6) is -0.0304. The second kappa shape index (κ2) is 6.15. The third-order valence-electron chi connectivity index (χ3n) is 3.48. The third-order valence-corrected chi connectivity index (χ3v) is 3.48. The summed E-state index contributed by atoms with van der Waals surface area (Å²) < 4.78 is 5.48. The van der Waals surface area contributed by atoms with Crippen LogP contribution in [0.4, 0.5) is 0 Å². The van der Waals surface area contributed by atoms with Gasteiger partial charge in [-0.2, -0.15) is 0 Å². The van der Waals surface area contributed by atoms with Crippen molar-refractivity contribution < 1.29 is 9.53 Å². The van der Waals surface area contributed by atoms with Crippen molar-refractivity contribution >= 4 is 16.9 Å². The van der Waals surface area contributed by atoms with Crippen molar-refractivity contribution in [3.8, 4) is 0 Å². The molecule has 6 heteroatoms. The molecule has 1 N–H and O–H groups in total. The van der Waals surface area contributed by atoms with Crippen LogP contribution in [0.25, 0.3) is 11.0 Å². The fourth-order valence-electron chi connectivity index (χ4n) is 2.36. The molecule has 0 bridgehead atoms. The SMILES string of the molecule is CN(Cc1cnc2ccccc2n1)C(=O)[C@@H]1CNCCO1. The highest BCUT2D eigenvalue weighted by Crippen LogP contribution is 2.10. The van der Waals surface area contributed by atoms with Crippen LogP contribution in [0.3, 0.4) is 0 Å². The molecule has 1 aliphatic rings. The first-order valence-electron chi connectivity index (χ1n) is 7.02. The molecule has 0 radical (unpaired) electrons. The van der Waals surface area contributed by atoms with E-state index >= 15 is 0 Å². The smallest absolute Gasteiger partial charge is 0.253 e. The zero-order valence-electron chi connectivity index (χ0n) is 12.0. The Morgan fingerprint density at radius 2 is 2.24 bits per heavy atom. The maximum absolute atomic E-state index is 12.3. The summed E-state index contributed by atoms with van der Waals surface area (Å²) in [6, 6.07) is 7.70. The molecule has 0 unspecified atom stereocenters. The molecule has 2 heterocycles. The summed E-state index contributed by atoms with van der Waals surface area (Å²) in [5, 5.41) is 3.16. The number of hydrogen-bond acceptors (Lipinski definition) is 5. The van der Waals surface area contributed by atoms with E-state index < -0.39 is 6.10 Å². The monoisotopic (exact) mass is 286 g/mol. The Balaban J connectivity index is 1.70. The van der Waals surface area contributed by atoms with Crippen LogP contribution in [0.2, 0.25) is 0 Å². The van der Waals surface area contributed by atoms with E-state index in [1.165, 1.54) is 0 Å². The quantitative estimate of drug-likeness (QED) is 0.894. The van der Waals surface area contributed by atoms with Crippen molar-refractivity contribution in [3.05, 3.63) is 36.2 Å². The molecule has 0 spiro atoms. The van der Waals surface area contributed by atoms with E-state index in [2.05, 4.69) is 15.3 Å². The van der Waals surface area contributed by atoms with Gasteiger partial charge in [0.25, 0.3) is 5.91 Å². The summed E-state index contributed by atoms with van der Waals surface area (Å²) >= 11 is 0. The average Bonchev–Trinajstić information content (AvgIpc) is 2.55. The van der Waals surface area contributed by atoms with Crippen molar-refractivity contribution in [2.24, 2.45) is 0 Å². The molecule has 1 atom stereocenters. The molecular formula is C15H18N4O2. The number of likely N-dealkylation sites (N-methyl/N-ethyl adjacent to an activating group) is 1. The van der Waals surface area contributed by atoms with Crippen LogP contribution < -0.4 is 5.32 Å².